The van der Waals surface area contributed by atoms with Crippen LogP contribution >= 0.6 is 12.4 Å². The molecule has 6 heteroatoms. The van der Waals surface area contributed by atoms with Gasteiger partial charge in [-0.15, -0.1) is 12.4 Å². The maximum Gasteiger partial charge on any atom is 0.221 e. The molecule has 4 nitrogen and oxygen atoms in total. The molecular formula is C12H18ClFN2O2. The zero-order valence-corrected chi connectivity index (χ0v) is 11.0. The number of hydrogen-bond acceptors (Lipinski definition) is 3. The van der Waals surface area contributed by atoms with E-state index in [1.165, 1.54) is 12.1 Å². The van der Waals surface area contributed by atoms with Gasteiger partial charge in [0.2, 0.25) is 5.91 Å². The molecule has 1 atom stereocenters. The van der Waals surface area contributed by atoms with E-state index in [0.717, 1.165) is 0 Å². The Morgan fingerprint density at radius 2 is 2.11 bits per heavy atom. The summed E-state index contributed by atoms with van der Waals surface area (Å²) in [7, 11) is 1.75. The summed E-state index contributed by atoms with van der Waals surface area (Å²) in [5.41, 5.74) is 0.196. The van der Waals surface area contributed by atoms with E-state index in [0.29, 0.717) is 13.0 Å². The van der Waals surface area contributed by atoms with Crippen LogP contribution in [0.25, 0.3) is 0 Å². The number of halogens is 2. The number of benzene rings is 1. The van der Waals surface area contributed by atoms with Crippen LogP contribution in [-0.2, 0) is 4.79 Å². The molecule has 0 aliphatic rings. The lowest BCUT2D eigenvalue weighted by atomic mass is 10.1. The second-order valence-corrected chi connectivity index (χ2v) is 3.69. The molecule has 0 aliphatic heterocycles. The van der Waals surface area contributed by atoms with Gasteiger partial charge in [0.25, 0.3) is 0 Å². The van der Waals surface area contributed by atoms with Crippen LogP contribution in [-0.4, -0.2) is 31.2 Å². The molecular weight excluding hydrogens is 259 g/mol. The van der Waals surface area contributed by atoms with E-state index < -0.39 is 11.9 Å². The molecule has 0 saturated carbocycles. The first-order valence-electron chi connectivity index (χ1n) is 5.49. The van der Waals surface area contributed by atoms with Gasteiger partial charge < -0.3 is 15.7 Å². The number of hydrogen-bond donors (Lipinski definition) is 3. The number of aliphatic hydroxyl groups excluding tert-OH is 1. The number of carbonyl (C=O) groups excluding carboxylic acids is 1. The van der Waals surface area contributed by atoms with Crippen molar-refractivity contribution in [2.75, 3.05) is 20.1 Å². The first-order chi connectivity index (χ1) is 8.15. The summed E-state index contributed by atoms with van der Waals surface area (Å²) < 4.78 is 13.3. The third-order valence-electron chi connectivity index (χ3n) is 2.36. The summed E-state index contributed by atoms with van der Waals surface area (Å²) >= 11 is 0. The van der Waals surface area contributed by atoms with E-state index in [9.17, 15) is 14.3 Å². The summed E-state index contributed by atoms with van der Waals surface area (Å²) in [6, 6.07) is 5.97. The largest absolute Gasteiger partial charge is 0.386 e. The number of nitrogens with one attached hydrogen (secondary N) is 2. The molecule has 1 rings (SSSR count). The average molecular weight is 277 g/mol. The van der Waals surface area contributed by atoms with Gasteiger partial charge in [0, 0.05) is 25.1 Å². The molecule has 0 aliphatic carbocycles. The maximum absolute atomic E-state index is 13.3. The minimum absolute atomic E-state index is 0. The third-order valence-corrected chi connectivity index (χ3v) is 2.36. The quantitative estimate of drug-likeness (QED) is 0.727. The molecule has 3 N–H and O–H groups in total. The van der Waals surface area contributed by atoms with Gasteiger partial charge >= 0.3 is 0 Å². The molecule has 1 aromatic carbocycles. The van der Waals surface area contributed by atoms with Crippen molar-refractivity contribution in [1.29, 1.82) is 0 Å². The van der Waals surface area contributed by atoms with Crippen LogP contribution in [0.5, 0.6) is 0 Å². The summed E-state index contributed by atoms with van der Waals surface area (Å²) in [5.74, 6) is -0.640. The Kier molecular flexibility index (Phi) is 8.28. The van der Waals surface area contributed by atoms with Crippen LogP contribution in [0.3, 0.4) is 0 Å². The molecule has 0 heterocycles. The molecule has 1 amide bonds. The average Bonchev–Trinajstić information content (AvgIpc) is 2.34. The molecule has 1 aromatic rings. The Morgan fingerprint density at radius 1 is 1.44 bits per heavy atom. The highest BCUT2D eigenvalue weighted by molar-refractivity contribution is 5.85. The summed E-state index contributed by atoms with van der Waals surface area (Å²) in [6.45, 7) is 0.588. The fraction of sp³-hybridized carbons (Fsp3) is 0.417. The number of carbonyl (C=O) groups is 1. The molecule has 0 saturated heterocycles. The smallest absolute Gasteiger partial charge is 0.221 e. The number of amides is 1. The van der Waals surface area contributed by atoms with Gasteiger partial charge in [-0.2, -0.15) is 0 Å². The van der Waals surface area contributed by atoms with Gasteiger partial charge in [-0.05, 0) is 13.1 Å². The zero-order valence-electron chi connectivity index (χ0n) is 10.1. The lowest BCUT2D eigenvalue weighted by Crippen LogP contribution is -2.30. The van der Waals surface area contributed by atoms with E-state index in [1.54, 1.807) is 19.2 Å². The number of aliphatic hydroxyl groups is 1. The van der Waals surface area contributed by atoms with Gasteiger partial charge in [-0.25, -0.2) is 4.39 Å². The molecule has 0 spiro atoms. The minimum atomic E-state index is -1.02. The second-order valence-electron chi connectivity index (χ2n) is 3.69. The molecule has 18 heavy (non-hydrogen) atoms. The minimum Gasteiger partial charge on any atom is -0.386 e. The van der Waals surface area contributed by atoms with E-state index in [-0.39, 0.29) is 30.4 Å². The molecule has 102 valence electrons. The van der Waals surface area contributed by atoms with E-state index in [1.807, 2.05) is 0 Å². The van der Waals surface area contributed by atoms with Gasteiger partial charge in [0.1, 0.15) is 5.82 Å². The van der Waals surface area contributed by atoms with Crippen LogP contribution in [0, 0.1) is 5.82 Å². The van der Waals surface area contributed by atoms with Crippen LogP contribution in [0.4, 0.5) is 4.39 Å². The summed E-state index contributed by atoms with van der Waals surface area (Å²) in [6.07, 6.45) is -0.685. The number of rotatable bonds is 6. The Labute approximate surface area is 112 Å². The highest BCUT2D eigenvalue weighted by Gasteiger charge is 2.12. The van der Waals surface area contributed by atoms with Gasteiger partial charge in [-0.1, -0.05) is 18.2 Å². The van der Waals surface area contributed by atoms with E-state index in [2.05, 4.69) is 10.6 Å². The fourth-order valence-electron chi connectivity index (χ4n) is 1.39. The zero-order chi connectivity index (χ0) is 12.7. The maximum atomic E-state index is 13.3. The van der Waals surface area contributed by atoms with Crippen molar-refractivity contribution in [1.82, 2.24) is 10.6 Å². The van der Waals surface area contributed by atoms with Crippen molar-refractivity contribution in [2.24, 2.45) is 0 Å². The van der Waals surface area contributed by atoms with Crippen LogP contribution < -0.4 is 10.6 Å². The monoisotopic (exact) mass is 276 g/mol. The Balaban J connectivity index is 0.00000289. The van der Waals surface area contributed by atoms with Crippen molar-refractivity contribution in [3.05, 3.63) is 35.6 Å². The Morgan fingerprint density at radius 3 is 2.72 bits per heavy atom. The topological polar surface area (TPSA) is 61.4 Å². The second kappa shape index (κ2) is 8.85. The highest BCUT2D eigenvalue weighted by atomic mass is 35.5. The van der Waals surface area contributed by atoms with Gasteiger partial charge in [-0.3, -0.25) is 4.79 Å². The highest BCUT2D eigenvalue weighted by Crippen LogP contribution is 2.15. The standard InChI is InChI=1S/C12H17FN2O2.ClH/c1-14-7-6-12(17)15-8-11(16)9-4-2-3-5-10(9)13;/h2-5,11,14,16H,6-8H2,1H3,(H,15,17);1H. The van der Waals surface area contributed by atoms with E-state index in [4.69, 9.17) is 0 Å². The van der Waals surface area contributed by atoms with Crippen LogP contribution in [0.2, 0.25) is 0 Å². The Hall–Kier alpha value is -1.17. The van der Waals surface area contributed by atoms with Gasteiger partial charge in [0.15, 0.2) is 0 Å². The molecule has 0 fully saturated rings. The third kappa shape index (κ3) is 5.44. The Bertz CT molecular complexity index is 377. The fourth-order valence-corrected chi connectivity index (χ4v) is 1.39. The summed E-state index contributed by atoms with van der Waals surface area (Å²) in [5, 5.41) is 15.1. The first kappa shape index (κ1) is 16.8. The SMILES string of the molecule is CNCCC(=O)NCC(O)c1ccccc1F.Cl. The van der Waals surface area contributed by atoms with Crippen molar-refractivity contribution in [3.63, 3.8) is 0 Å². The van der Waals surface area contributed by atoms with Gasteiger partial charge in [0.05, 0.1) is 6.10 Å². The van der Waals surface area contributed by atoms with E-state index >= 15 is 0 Å². The molecule has 0 bridgehead atoms. The molecule has 1 unspecified atom stereocenters. The van der Waals surface area contributed by atoms with Crippen molar-refractivity contribution < 1.29 is 14.3 Å². The lowest BCUT2D eigenvalue weighted by molar-refractivity contribution is -0.121. The summed E-state index contributed by atoms with van der Waals surface area (Å²) in [4.78, 5) is 11.3. The van der Waals surface area contributed by atoms with Crippen molar-refractivity contribution >= 4 is 18.3 Å². The predicted molar refractivity (Wildman–Crippen MR) is 70.2 cm³/mol. The lowest BCUT2D eigenvalue weighted by Gasteiger charge is -2.12. The molecule has 0 aromatic heterocycles. The van der Waals surface area contributed by atoms with Crippen molar-refractivity contribution in [2.45, 2.75) is 12.5 Å². The van der Waals surface area contributed by atoms with Crippen LogP contribution in [0.15, 0.2) is 24.3 Å². The predicted octanol–water partition coefficient (Wildman–Crippen LogP) is 1.01. The molecule has 0 radical (unpaired) electrons. The normalized spacial score (nSPS) is 11.5. The first-order valence-corrected chi connectivity index (χ1v) is 5.49. The van der Waals surface area contributed by atoms with Crippen LogP contribution in [0.1, 0.15) is 18.1 Å². The van der Waals surface area contributed by atoms with Crippen molar-refractivity contribution in [3.8, 4) is 0 Å².